The van der Waals surface area contributed by atoms with Crippen molar-refractivity contribution in [1.29, 1.82) is 0 Å². The molecule has 0 aromatic heterocycles. The predicted molar refractivity (Wildman–Crippen MR) is 44.2 cm³/mol. The van der Waals surface area contributed by atoms with E-state index in [9.17, 15) is 9.59 Å². The third-order valence-corrected chi connectivity index (χ3v) is 1.55. The zero-order chi connectivity index (χ0) is 7.84. The molecule has 0 aliphatic carbocycles. The molecule has 1 heterocycles. The molecule has 1 aromatic rings. The molecule has 0 radical (unpaired) electrons. The first kappa shape index (κ1) is 9.71. The summed E-state index contributed by atoms with van der Waals surface area (Å²) in [6.07, 6.45) is 0. The quantitative estimate of drug-likeness (QED) is 0.346. The van der Waals surface area contributed by atoms with Crippen LogP contribution in [0.4, 0.5) is 0 Å². The van der Waals surface area contributed by atoms with Crippen LogP contribution in [-0.2, 0) is 4.74 Å². The molecule has 0 fully saturated rings. The summed E-state index contributed by atoms with van der Waals surface area (Å²) >= 11 is 0. The number of carbonyl (C=O) groups excluding carboxylic acids is 2. The maximum absolute atomic E-state index is 10.8. The van der Waals surface area contributed by atoms with E-state index in [0.717, 1.165) is 0 Å². The van der Waals surface area contributed by atoms with Gasteiger partial charge in [0.2, 0.25) is 0 Å². The second-order valence-electron chi connectivity index (χ2n) is 2.22. The normalized spacial score (nSPS) is 13.3. The van der Waals surface area contributed by atoms with Crippen molar-refractivity contribution in [3.05, 3.63) is 35.4 Å². The van der Waals surface area contributed by atoms with Crippen molar-refractivity contribution in [1.82, 2.24) is 0 Å². The molecule has 3 nitrogen and oxygen atoms in total. The molecule has 0 spiro atoms. The molecule has 0 saturated heterocycles. The first-order valence-corrected chi connectivity index (χ1v) is 3.14. The SMILES string of the molecule is O=C1OC(=O)c2ccccc21.[Ca+2].[H-].[H-]. The molecular weight excluding hydrogens is 184 g/mol. The van der Waals surface area contributed by atoms with Gasteiger partial charge in [-0.1, -0.05) is 12.1 Å². The van der Waals surface area contributed by atoms with Crippen LogP contribution in [0.1, 0.15) is 23.6 Å². The average molecular weight is 190 g/mol. The number of esters is 2. The molecular formula is C8H6CaO3. The standard InChI is InChI=1S/C8H4O3.Ca.2H/c9-7-5-3-1-2-4-6(5)8(10)11-7;;;/h1-4H;;;/q;+2;2*-1. The number of cyclic esters (lactones) is 2. The van der Waals surface area contributed by atoms with Crippen LogP contribution in [-0.4, -0.2) is 49.7 Å². The third kappa shape index (κ3) is 1.40. The number of rotatable bonds is 0. The Morgan fingerprint density at radius 3 is 1.83 bits per heavy atom. The third-order valence-electron chi connectivity index (χ3n) is 1.55. The molecule has 0 atom stereocenters. The second-order valence-corrected chi connectivity index (χ2v) is 2.22. The number of ether oxygens (including phenoxy) is 1. The van der Waals surface area contributed by atoms with Crippen LogP contribution < -0.4 is 0 Å². The van der Waals surface area contributed by atoms with Crippen LogP contribution in [0.2, 0.25) is 0 Å². The monoisotopic (exact) mass is 190 g/mol. The van der Waals surface area contributed by atoms with Crippen LogP contribution in [0.25, 0.3) is 0 Å². The number of hydrogen-bond donors (Lipinski definition) is 0. The Morgan fingerprint density at radius 2 is 1.42 bits per heavy atom. The maximum atomic E-state index is 10.8. The van der Waals surface area contributed by atoms with Gasteiger partial charge in [0.1, 0.15) is 0 Å². The summed E-state index contributed by atoms with van der Waals surface area (Å²) in [5, 5.41) is 0. The molecule has 4 heteroatoms. The van der Waals surface area contributed by atoms with Crippen molar-refractivity contribution < 1.29 is 17.2 Å². The molecule has 0 unspecified atom stereocenters. The summed E-state index contributed by atoms with van der Waals surface area (Å²) in [6.45, 7) is 0. The Balaban J connectivity index is 0. The molecule has 2 rings (SSSR count). The van der Waals surface area contributed by atoms with Crippen LogP contribution in [0.15, 0.2) is 24.3 Å². The summed E-state index contributed by atoms with van der Waals surface area (Å²) in [7, 11) is 0. The van der Waals surface area contributed by atoms with Gasteiger partial charge in [0, 0.05) is 0 Å². The van der Waals surface area contributed by atoms with Gasteiger partial charge in [-0.2, -0.15) is 0 Å². The van der Waals surface area contributed by atoms with E-state index in [-0.39, 0.29) is 40.6 Å². The summed E-state index contributed by atoms with van der Waals surface area (Å²) in [6, 6.07) is 6.53. The summed E-state index contributed by atoms with van der Waals surface area (Å²) < 4.78 is 4.35. The van der Waals surface area contributed by atoms with Gasteiger partial charge in [0.15, 0.2) is 0 Å². The minimum Gasteiger partial charge on any atom is -1.00 e. The van der Waals surface area contributed by atoms with Gasteiger partial charge in [-0.3, -0.25) is 0 Å². The van der Waals surface area contributed by atoms with E-state index in [2.05, 4.69) is 4.74 Å². The van der Waals surface area contributed by atoms with Gasteiger partial charge in [-0.25, -0.2) is 9.59 Å². The van der Waals surface area contributed by atoms with Crippen LogP contribution in [0, 0.1) is 0 Å². The molecule has 58 valence electrons. The van der Waals surface area contributed by atoms with Crippen LogP contribution in [0.3, 0.4) is 0 Å². The minimum atomic E-state index is -0.550. The molecule has 1 aromatic carbocycles. The van der Waals surface area contributed by atoms with Crippen LogP contribution >= 0.6 is 0 Å². The van der Waals surface area contributed by atoms with E-state index in [1.807, 2.05) is 0 Å². The molecule has 0 saturated carbocycles. The van der Waals surface area contributed by atoms with E-state index >= 15 is 0 Å². The zero-order valence-electron chi connectivity index (χ0n) is 8.24. The summed E-state index contributed by atoms with van der Waals surface area (Å²) in [5.41, 5.74) is 0.718. The van der Waals surface area contributed by atoms with Gasteiger partial charge in [-0.05, 0) is 12.1 Å². The summed E-state index contributed by atoms with van der Waals surface area (Å²) in [4.78, 5) is 21.7. The van der Waals surface area contributed by atoms with Crippen molar-refractivity contribution >= 4 is 49.7 Å². The molecule has 0 N–H and O–H groups in total. The van der Waals surface area contributed by atoms with Crippen molar-refractivity contribution in [3.8, 4) is 0 Å². The molecule has 1 aliphatic heterocycles. The number of carbonyl (C=O) groups is 2. The molecule has 0 amide bonds. The van der Waals surface area contributed by atoms with Crippen molar-refractivity contribution in [2.75, 3.05) is 0 Å². The summed E-state index contributed by atoms with van der Waals surface area (Å²) in [5.74, 6) is -1.10. The predicted octanol–water partition coefficient (Wildman–Crippen LogP) is 0.841. The second kappa shape index (κ2) is 3.56. The molecule has 1 aliphatic rings. The van der Waals surface area contributed by atoms with Gasteiger partial charge in [0.25, 0.3) is 0 Å². The molecule has 0 bridgehead atoms. The Labute approximate surface area is 102 Å². The smallest absolute Gasteiger partial charge is 1.00 e. The number of fused-ring (bicyclic) bond motifs is 1. The van der Waals surface area contributed by atoms with Crippen molar-refractivity contribution in [3.63, 3.8) is 0 Å². The number of benzene rings is 1. The first-order valence-electron chi connectivity index (χ1n) is 3.14. The van der Waals surface area contributed by atoms with Gasteiger partial charge >= 0.3 is 49.7 Å². The fraction of sp³-hybridized carbons (Fsp3) is 0. The zero-order valence-corrected chi connectivity index (χ0v) is 8.45. The molecule has 12 heavy (non-hydrogen) atoms. The largest absolute Gasteiger partial charge is 2.00 e. The van der Waals surface area contributed by atoms with E-state index < -0.39 is 11.9 Å². The fourth-order valence-corrected chi connectivity index (χ4v) is 1.03. The van der Waals surface area contributed by atoms with E-state index in [4.69, 9.17) is 0 Å². The topological polar surface area (TPSA) is 43.4 Å². The van der Waals surface area contributed by atoms with Crippen molar-refractivity contribution in [2.24, 2.45) is 0 Å². The Morgan fingerprint density at radius 1 is 1.00 bits per heavy atom. The number of hydrogen-bond acceptors (Lipinski definition) is 3. The average Bonchev–Trinajstić information content (AvgIpc) is 2.30. The Hall–Kier alpha value is -0.380. The van der Waals surface area contributed by atoms with Gasteiger partial charge < -0.3 is 7.59 Å². The Kier molecular flexibility index (Phi) is 2.88. The van der Waals surface area contributed by atoms with E-state index in [1.54, 1.807) is 24.3 Å². The Bertz CT molecular complexity index is 321. The van der Waals surface area contributed by atoms with Crippen molar-refractivity contribution in [2.45, 2.75) is 0 Å². The van der Waals surface area contributed by atoms with Gasteiger partial charge in [0.05, 0.1) is 11.1 Å². The van der Waals surface area contributed by atoms with E-state index in [1.165, 1.54) is 0 Å². The minimum absolute atomic E-state index is 0. The van der Waals surface area contributed by atoms with E-state index in [0.29, 0.717) is 11.1 Å². The van der Waals surface area contributed by atoms with Gasteiger partial charge in [-0.15, -0.1) is 0 Å². The first-order chi connectivity index (χ1) is 5.29. The fourth-order valence-electron chi connectivity index (χ4n) is 1.03. The maximum Gasteiger partial charge on any atom is 2.00 e. The van der Waals surface area contributed by atoms with Crippen LogP contribution in [0.5, 0.6) is 0 Å².